The van der Waals surface area contributed by atoms with E-state index < -0.39 is 29.8 Å². The number of aryl methyl sites for hydroxylation is 1. The third kappa shape index (κ3) is 6.30. The molecule has 2 amide bonds. The zero-order valence-corrected chi connectivity index (χ0v) is 24.5. The van der Waals surface area contributed by atoms with E-state index in [1.807, 2.05) is 24.3 Å². The van der Waals surface area contributed by atoms with Crippen LogP contribution in [-0.4, -0.2) is 52.5 Å². The Morgan fingerprint density at radius 3 is 2.21 bits per heavy atom. The molecule has 2 atom stereocenters. The summed E-state index contributed by atoms with van der Waals surface area (Å²) in [7, 11) is 0. The van der Waals surface area contributed by atoms with Crippen molar-refractivity contribution in [2.75, 3.05) is 6.61 Å². The van der Waals surface area contributed by atoms with Gasteiger partial charge in [-0.15, -0.1) is 0 Å². The Morgan fingerprint density at radius 2 is 1.62 bits per heavy atom. The molecule has 2 N–H and O–H groups in total. The molecule has 42 heavy (non-hydrogen) atoms. The molecular weight excluding hydrogens is 536 g/mol. The number of carboxylic acid groups (broad SMARTS) is 1. The fourth-order valence-electron chi connectivity index (χ4n) is 6.11. The minimum Gasteiger partial charge on any atom is -0.475 e. The predicted molar refractivity (Wildman–Crippen MR) is 156 cm³/mol. The molecule has 222 valence electrons. The first-order valence-corrected chi connectivity index (χ1v) is 14.5. The zero-order valence-electron chi connectivity index (χ0n) is 24.5. The molecule has 1 fully saturated rings. The monoisotopic (exact) mass is 574 g/mol. The van der Waals surface area contributed by atoms with E-state index >= 15 is 0 Å². The molecule has 0 radical (unpaired) electrons. The van der Waals surface area contributed by atoms with Crippen molar-refractivity contribution in [2.24, 2.45) is 0 Å². The van der Waals surface area contributed by atoms with E-state index in [4.69, 9.17) is 13.9 Å². The van der Waals surface area contributed by atoms with E-state index in [-0.39, 0.29) is 30.9 Å². The van der Waals surface area contributed by atoms with Gasteiger partial charge in [0.05, 0.1) is 18.6 Å². The Bertz CT molecular complexity index is 1430. The number of amides is 2. The van der Waals surface area contributed by atoms with Crippen molar-refractivity contribution in [3.05, 3.63) is 82.8 Å². The van der Waals surface area contributed by atoms with Crippen LogP contribution in [0.15, 0.2) is 59.0 Å². The number of rotatable bonds is 7. The molecular formula is C33H38N2O7. The van der Waals surface area contributed by atoms with Crippen molar-refractivity contribution in [3.8, 4) is 11.1 Å². The number of carbonyl (C=O) groups excluding carboxylic acids is 2. The van der Waals surface area contributed by atoms with Gasteiger partial charge in [0.25, 0.3) is 0 Å². The number of ether oxygens (including phenoxy) is 2. The molecule has 3 aromatic rings. The Morgan fingerprint density at radius 1 is 1.00 bits per heavy atom. The third-order valence-electron chi connectivity index (χ3n) is 7.89. The van der Waals surface area contributed by atoms with Crippen LogP contribution in [0.1, 0.15) is 85.4 Å². The summed E-state index contributed by atoms with van der Waals surface area (Å²) >= 11 is 0. The number of nitrogens with zero attached hydrogens (tertiary/aromatic N) is 1. The summed E-state index contributed by atoms with van der Waals surface area (Å²) in [5, 5.41) is 12.5. The summed E-state index contributed by atoms with van der Waals surface area (Å²) in [6, 6.07) is 17.1. The molecule has 1 heterocycles. The zero-order chi connectivity index (χ0) is 30.0. The molecule has 0 saturated heterocycles. The quantitative estimate of drug-likeness (QED) is 0.316. The number of nitrogens with one attached hydrogen (secondary N) is 1. The summed E-state index contributed by atoms with van der Waals surface area (Å²) in [6.07, 6.45) is 1.95. The fourth-order valence-corrected chi connectivity index (χ4v) is 6.11. The number of alkyl carbamates (subject to hydrolysis) is 1. The maximum absolute atomic E-state index is 13.9. The normalized spacial score (nSPS) is 18.1. The molecule has 9 nitrogen and oxygen atoms in total. The minimum absolute atomic E-state index is 0.00194. The van der Waals surface area contributed by atoms with Gasteiger partial charge in [-0.05, 0) is 68.9 Å². The number of carboxylic acids is 1. The first kappa shape index (κ1) is 29.2. The highest BCUT2D eigenvalue weighted by Crippen LogP contribution is 2.44. The maximum atomic E-state index is 13.9. The summed E-state index contributed by atoms with van der Waals surface area (Å²) in [5.41, 5.74) is 4.27. The van der Waals surface area contributed by atoms with Crippen molar-refractivity contribution in [3.63, 3.8) is 0 Å². The Kier molecular flexibility index (Phi) is 8.29. The van der Waals surface area contributed by atoms with Gasteiger partial charge in [0, 0.05) is 11.5 Å². The number of hydrogen-bond donors (Lipinski definition) is 2. The van der Waals surface area contributed by atoms with Gasteiger partial charge in [-0.2, -0.15) is 0 Å². The van der Waals surface area contributed by atoms with E-state index in [1.54, 1.807) is 38.7 Å². The summed E-state index contributed by atoms with van der Waals surface area (Å²) in [5.74, 6) is -1.12. The molecule has 0 bridgehead atoms. The van der Waals surface area contributed by atoms with Crippen LogP contribution in [-0.2, 0) is 16.0 Å². The minimum atomic E-state index is -1.17. The highest BCUT2D eigenvalue weighted by molar-refractivity contribution is 5.86. The number of carbonyl (C=O) groups is 3. The largest absolute Gasteiger partial charge is 0.475 e. The Hall–Kier alpha value is -4.27. The van der Waals surface area contributed by atoms with Gasteiger partial charge in [0.1, 0.15) is 18.0 Å². The van der Waals surface area contributed by atoms with Gasteiger partial charge in [-0.1, -0.05) is 61.4 Å². The van der Waals surface area contributed by atoms with Crippen LogP contribution in [0, 0.1) is 6.92 Å². The SMILES string of the molecule is Cc1cc(CN(C(=O)OCC2c3ccccc3-c3ccccc32)[C@@H]2CCCC[C@H]2NC(=O)OC(C)(C)C)oc1C(=O)O. The van der Waals surface area contributed by atoms with Crippen molar-refractivity contribution in [1.82, 2.24) is 10.2 Å². The summed E-state index contributed by atoms with van der Waals surface area (Å²) < 4.78 is 17.2. The van der Waals surface area contributed by atoms with E-state index in [9.17, 15) is 19.5 Å². The van der Waals surface area contributed by atoms with E-state index in [0.717, 1.165) is 35.1 Å². The van der Waals surface area contributed by atoms with Crippen LogP contribution in [0.3, 0.4) is 0 Å². The van der Waals surface area contributed by atoms with Gasteiger partial charge in [-0.3, -0.25) is 4.90 Å². The van der Waals surface area contributed by atoms with Gasteiger partial charge in [-0.25, -0.2) is 14.4 Å². The average Bonchev–Trinajstić information content (AvgIpc) is 3.47. The van der Waals surface area contributed by atoms with Crippen molar-refractivity contribution >= 4 is 18.2 Å². The van der Waals surface area contributed by atoms with Crippen LogP contribution >= 0.6 is 0 Å². The lowest BCUT2D eigenvalue weighted by molar-refractivity contribution is 0.0354. The molecule has 0 spiro atoms. The predicted octanol–water partition coefficient (Wildman–Crippen LogP) is 6.87. The molecule has 9 heteroatoms. The molecule has 2 aromatic carbocycles. The highest BCUT2D eigenvalue weighted by Gasteiger charge is 2.37. The second-order valence-electron chi connectivity index (χ2n) is 12.1. The Balaban J connectivity index is 1.40. The van der Waals surface area contributed by atoms with Crippen LogP contribution in [0.2, 0.25) is 0 Å². The first-order valence-electron chi connectivity index (χ1n) is 14.5. The summed E-state index contributed by atoms with van der Waals surface area (Å²) in [4.78, 5) is 39.8. The van der Waals surface area contributed by atoms with Crippen LogP contribution in [0.5, 0.6) is 0 Å². The van der Waals surface area contributed by atoms with Crippen LogP contribution < -0.4 is 5.32 Å². The van der Waals surface area contributed by atoms with Gasteiger partial charge < -0.3 is 24.3 Å². The first-order chi connectivity index (χ1) is 20.0. The van der Waals surface area contributed by atoms with Gasteiger partial charge in [0.2, 0.25) is 5.76 Å². The molecule has 0 unspecified atom stereocenters. The number of hydrogen-bond acceptors (Lipinski definition) is 6. The van der Waals surface area contributed by atoms with Crippen LogP contribution in [0.4, 0.5) is 9.59 Å². The number of aromatic carboxylic acids is 1. The topological polar surface area (TPSA) is 118 Å². The average molecular weight is 575 g/mol. The standard InChI is InChI=1S/C33H38N2O7/c1-20-17-21(41-29(20)30(36)37)18-35(28-16-10-9-15-27(28)34-31(38)42-33(2,3)4)32(39)40-19-26-24-13-7-5-11-22(24)23-12-6-8-14-25(23)26/h5-8,11-14,17,26-28H,9-10,15-16,18-19H2,1-4H3,(H,34,38)(H,36,37)/t27-,28-/m1/s1. The van der Waals surface area contributed by atoms with Crippen molar-refractivity contribution in [1.29, 1.82) is 0 Å². The van der Waals surface area contributed by atoms with Crippen LogP contribution in [0.25, 0.3) is 11.1 Å². The smallest absolute Gasteiger partial charge is 0.410 e. The second kappa shape index (κ2) is 11.9. The number of fused-ring (bicyclic) bond motifs is 3. The molecule has 0 aliphatic heterocycles. The third-order valence-corrected chi connectivity index (χ3v) is 7.89. The van der Waals surface area contributed by atoms with Crippen molar-refractivity contribution < 1.29 is 33.4 Å². The highest BCUT2D eigenvalue weighted by atomic mass is 16.6. The molecule has 1 aromatic heterocycles. The number of furan rings is 1. The van der Waals surface area contributed by atoms with Crippen molar-refractivity contribution in [2.45, 2.75) is 83.5 Å². The lowest BCUT2D eigenvalue weighted by Gasteiger charge is -2.39. The lowest BCUT2D eigenvalue weighted by atomic mass is 9.89. The molecule has 1 saturated carbocycles. The molecule has 2 aliphatic rings. The van der Waals surface area contributed by atoms with E-state index in [2.05, 4.69) is 29.6 Å². The molecule has 5 rings (SSSR count). The Labute approximate surface area is 245 Å². The van der Waals surface area contributed by atoms with E-state index in [0.29, 0.717) is 24.2 Å². The van der Waals surface area contributed by atoms with Gasteiger partial charge in [0.15, 0.2) is 0 Å². The molecule has 2 aliphatic carbocycles. The second-order valence-corrected chi connectivity index (χ2v) is 12.1. The number of benzene rings is 2. The lowest BCUT2D eigenvalue weighted by Crippen LogP contribution is -2.55. The summed E-state index contributed by atoms with van der Waals surface area (Å²) in [6.45, 7) is 7.19. The van der Waals surface area contributed by atoms with E-state index in [1.165, 1.54) is 0 Å². The van der Waals surface area contributed by atoms with Gasteiger partial charge >= 0.3 is 18.2 Å². The fraction of sp³-hybridized carbons (Fsp3) is 0.424. The maximum Gasteiger partial charge on any atom is 0.410 e.